The Kier molecular flexibility index (Phi) is 10.9. The molecular weight excluding hydrogens is 365 g/mol. The summed E-state index contributed by atoms with van der Waals surface area (Å²) >= 11 is 0. The molecule has 112 valence electrons. The first-order valence-electron chi connectivity index (χ1n) is 6.67. The van der Waals surface area contributed by atoms with Gasteiger partial charge in [0.15, 0.2) is 5.96 Å². The summed E-state index contributed by atoms with van der Waals surface area (Å²) in [5.41, 5.74) is 1.10. The highest BCUT2D eigenvalue weighted by Crippen LogP contribution is 2.10. The molecule has 0 aliphatic rings. The van der Waals surface area contributed by atoms with Crippen molar-refractivity contribution < 1.29 is 5.11 Å². The Morgan fingerprint density at radius 2 is 2.20 bits per heavy atom. The fourth-order valence-corrected chi connectivity index (χ4v) is 1.60. The number of rotatable bonds is 7. The first-order valence-corrected chi connectivity index (χ1v) is 6.67. The van der Waals surface area contributed by atoms with Crippen molar-refractivity contribution in [2.24, 2.45) is 4.99 Å². The number of benzene rings is 1. The third-order valence-corrected chi connectivity index (χ3v) is 2.52. The van der Waals surface area contributed by atoms with E-state index in [-0.39, 0.29) is 24.0 Å². The number of nitrogens with zero attached hydrogens (tertiary/aromatic N) is 1. The van der Waals surface area contributed by atoms with Crippen molar-refractivity contribution in [1.82, 2.24) is 10.6 Å². The SMILES string of the molecule is C=CCNC(=NCCC)NCCc1cccc(O)c1.I. The van der Waals surface area contributed by atoms with Crippen LogP contribution >= 0.6 is 24.0 Å². The number of phenols is 1. The molecular formula is C15H24IN3O. The summed E-state index contributed by atoms with van der Waals surface area (Å²) in [4.78, 5) is 4.43. The Balaban J connectivity index is 0.00000361. The van der Waals surface area contributed by atoms with E-state index in [0.29, 0.717) is 12.3 Å². The predicted molar refractivity (Wildman–Crippen MR) is 96.0 cm³/mol. The van der Waals surface area contributed by atoms with Crippen molar-refractivity contribution >= 4 is 29.9 Å². The van der Waals surface area contributed by atoms with E-state index in [4.69, 9.17) is 0 Å². The number of nitrogens with one attached hydrogen (secondary N) is 2. The lowest BCUT2D eigenvalue weighted by atomic mass is 10.1. The van der Waals surface area contributed by atoms with Crippen LogP contribution in [0, 0.1) is 0 Å². The molecule has 0 spiro atoms. The zero-order chi connectivity index (χ0) is 13.9. The summed E-state index contributed by atoms with van der Waals surface area (Å²) in [6.07, 6.45) is 3.67. The van der Waals surface area contributed by atoms with Gasteiger partial charge in [0, 0.05) is 19.6 Å². The lowest BCUT2D eigenvalue weighted by Gasteiger charge is -2.11. The lowest BCUT2D eigenvalue weighted by Crippen LogP contribution is -2.38. The molecule has 0 aromatic heterocycles. The smallest absolute Gasteiger partial charge is 0.191 e. The van der Waals surface area contributed by atoms with E-state index >= 15 is 0 Å². The van der Waals surface area contributed by atoms with E-state index in [1.54, 1.807) is 18.2 Å². The standard InChI is InChI=1S/C15H23N3O.HI/c1-3-9-16-15(17-10-4-2)18-11-8-13-6-5-7-14(19)12-13;/h3,5-7,12,19H,1,4,8-11H2,2H3,(H2,16,17,18);1H. The molecule has 5 heteroatoms. The molecule has 0 aliphatic carbocycles. The summed E-state index contributed by atoms with van der Waals surface area (Å²) in [5.74, 6) is 1.11. The summed E-state index contributed by atoms with van der Waals surface area (Å²) in [5, 5.41) is 15.8. The van der Waals surface area contributed by atoms with Crippen LogP contribution in [0.5, 0.6) is 5.75 Å². The van der Waals surface area contributed by atoms with E-state index < -0.39 is 0 Å². The molecule has 0 saturated carbocycles. The van der Waals surface area contributed by atoms with E-state index in [1.807, 2.05) is 12.1 Å². The number of phenolic OH excluding ortho intramolecular Hbond substituents is 1. The van der Waals surface area contributed by atoms with Crippen molar-refractivity contribution in [3.63, 3.8) is 0 Å². The Morgan fingerprint density at radius 1 is 1.40 bits per heavy atom. The Bertz CT molecular complexity index is 421. The first kappa shape index (κ1) is 18.8. The quantitative estimate of drug-likeness (QED) is 0.291. The maximum Gasteiger partial charge on any atom is 0.191 e. The third-order valence-electron chi connectivity index (χ3n) is 2.52. The van der Waals surface area contributed by atoms with Crippen molar-refractivity contribution in [2.45, 2.75) is 19.8 Å². The molecule has 0 aliphatic heterocycles. The minimum atomic E-state index is 0. The van der Waals surface area contributed by atoms with E-state index in [2.05, 4.69) is 29.1 Å². The summed E-state index contributed by atoms with van der Waals surface area (Å²) in [7, 11) is 0. The number of hydrogen-bond acceptors (Lipinski definition) is 2. The van der Waals surface area contributed by atoms with Gasteiger partial charge in [0.2, 0.25) is 0 Å². The average Bonchev–Trinajstić information content (AvgIpc) is 2.41. The van der Waals surface area contributed by atoms with Crippen molar-refractivity contribution in [1.29, 1.82) is 0 Å². The van der Waals surface area contributed by atoms with Crippen LogP contribution in [0.4, 0.5) is 0 Å². The van der Waals surface area contributed by atoms with Gasteiger partial charge < -0.3 is 15.7 Å². The maximum atomic E-state index is 9.39. The minimum absolute atomic E-state index is 0. The molecule has 4 nitrogen and oxygen atoms in total. The molecule has 0 atom stereocenters. The third kappa shape index (κ3) is 8.04. The molecule has 0 unspecified atom stereocenters. The van der Waals surface area contributed by atoms with Crippen LogP contribution in [0.1, 0.15) is 18.9 Å². The molecule has 0 amide bonds. The maximum absolute atomic E-state index is 9.39. The van der Waals surface area contributed by atoms with Gasteiger partial charge in [0.05, 0.1) is 0 Å². The number of hydrogen-bond donors (Lipinski definition) is 3. The van der Waals surface area contributed by atoms with Gasteiger partial charge in [-0.25, -0.2) is 0 Å². The van der Waals surface area contributed by atoms with Gasteiger partial charge in [-0.3, -0.25) is 4.99 Å². The number of halogens is 1. The van der Waals surface area contributed by atoms with Crippen LogP contribution < -0.4 is 10.6 Å². The minimum Gasteiger partial charge on any atom is -0.508 e. The van der Waals surface area contributed by atoms with Crippen LogP contribution in [-0.4, -0.2) is 30.7 Å². The highest BCUT2D eigenvalue weighted by Gasteiger charge is 1.98. The number of guanidine groups is 1. The monoisotopic (exact) mass is 389 g/mol. The molecule has 1 aromatic carbocycles. The first-order chi connectivity index (χ1) is 9.26. The normalized spacial score (nSPS) is 10.6. The molecule has 1 rings (SSSR count). The number of aromatic hydroxyl groups is 1. The van der Waals surface area contributed by atoms with Crippen molar-refractivity contribution in [3.05, 3.63) is 42.5 Å². The van der Waals surface area contributed by atoms with Crippen LogP contribution in [-0.2, 0) is 6.42 Å². The zero-order valence-electron chi connectivity index (χ0n) is 11.9. The summed E-state index contributed by atoms with van der Waals surface area (Å²) in [6.45, 7) is 8.05. The van der Waals surface area contributed by atoms with Crippen molar-refractivity contribution in [2.75, 3.05) is 19.6 Å². The molecule has 0 radical (unpaired) electrons. The summed E-state index contributed by atoms with van der Waals surface area (Å²) < 4.78 is 0. The Labute approximate surface area is 138 Å². The van der Waals surface area contributed by atoms with Gasteiger partial charge in [0.25, 0.3) is 0 Å². The Hall–Kier alpha value is -1.24. The Morgan fingerprint density at radius 3 is 2.85 bits per heavy atom. The second kappa shape index (κ2) is 11.6. The topological polar surface area (TPSA) is 56.7 Å². The molecule has 3 N–H and O–H groups in total. The molecule has 1 aromatic rings. The second-order valence-corrected chi connectivity index (χ2v) is 4.25. The van der Waals surface area contributed by atoms with E-state index in [0.717, 1.165) is 37.5 Å². The highest BCUT2D eigenvalue weighted by molar-refractivity contribution is 14.0. The molecule has 20 heavy (non-hydrogen) atoms. The van der Waals surface area contributed by atoms with Gasteiger partial charge in [-0.15, -0.1) is 30.6 Å². The van der Waals surface area contributed by atoms with Gasteiger partial charge in [-0.1, -0.05) is 25.1 Å². The molecule has 0 bridgehead atoms. The zero-order valence-corrected chi connectivity index (χ0v) is 14.3. The van der Waals surface area contributed by atoms with E-state index in [9.17, 15) is 5.11 Å². The second-order valence-electron chi connectivity index (χ2n) is 4.25. The van der Waals surface area contributed by atoms with Gasteiger partial charge in [-0.05, 0) is 30.5 Å². The van der Waals surface area contributed by atoms with Crippen LogP contribution in [0.25, 0.3) is 0 Å². The van der Waals surface area contributed by atoms with Crippen LogP contribution in [0.3, 0.4) is 0 Å². The molecule has 0 saturated heterocycles. The van der Waals surface area contributed by atoms with Gasteiger partial charge >= 0.3 is 0 Å². The predicted octanol–water partition coefficient (Wildman–Crippen LogP) is 2.68. The van der Waals surface area contributed by atoms with Crippen LogP contribution in [0.15, 0.2) is 41.9 Å². The van der Waals surface area contributed by atoms with Crippen LogP contribution in [0.2, 0.25) is 0 Å². The molecule has 0 fully saturated rings. The van der Waals surface area contributed by atoms with Gasteiger partial charge in [-0.2, -0.15) is 0 Å². The largest absolute Gasteiger partial charge is 0.508 e. The lowest BCUT2D eigenvalue weighted by molar-refractivity contribution is 0.474. The summed E-state index contributed by atoms with van der Waals surface area (Å²) in [6, 6.07) is 7.31. The fourth-order valence-electron chi connectivity index (χ4n) is 1.60. The average molecular weight is 389 g/mol. The van der Waals surface area contributed by atoms with Crippen molar-refractivity contribution in [3.8, 4) is 5.75 Å². The van der Waals surface area contributed by atoms with E-state index in [1.165, 1.54) is 0 Å². The number of aliphatic imine (C=N–C) groups is 1. The van der Waals surface area contributed by atoms with Gasteiger partial charge in [0.1, 0.15) is 5.75 Å². The highest BCUT2D eigenvalue weighted by atomic mass is 127. The molecule has 0 heterocycles. The fraction of sp³-hybridized carbons (Fsp3) is 0.400.